The second-order valence-electron chi connectivity index (χ2n) is 6.36. The SMILES string of the molecule is CCNCc1cnc(N2CCC3C(CCCN3C)C2)nc1. The Morgan fingerprint density at radius 2 is 2.05 bits per heavy atom. The predicted octanol–water partition coefficient (Wildman–Crippen LogP) is 1.51. The van der Waals surface area contributed by atoms with E-state index in [0.29, 0.717) is 0 Å². The van der Waals surface area contributed by atoms with E-state index in [-0.39, 0.29) is 0 Å². The molecule has 2 aliphatic rings. The molecular weight excluding hydrogens is 262 g/mol. The highest BCUT2D eigenvalue weighted by Crippen LogP contribution is 2.30. The molecule has 116 valence electrons. The molecule has 21 heavy (non-hydrogen) atoms. The van der Waals surface area contributed by atoms with Gasteiger partial charge in [0.2, 0.25) is 5.95 Å². The van der Waals surface area contributed by atoms with Gasteiger partial charge in [-0.15, -0.1) is 0 Å². The van der Waals surface area contributed by atoms with Crippen LogP contribution in [0.5, 0.6) is 0 Å². The van der Waals surface area contributed by atoms with Crippen molar-refractivity contribution in [1.29, 1.82) is 0 Å². The first-order valence-corrected chi connectivity index (χ1v) is 8.24. The summed E-state index contributed by atoms with van der Waals surface area (Å²) in [7, 11) is 2.28. The maximum Gasteiger partial charge on any atom is 0.225 e. The fraction of sp³-hybridized carbons (Fsp3) is 0.750. The van der Waals surface area contributed by atoms with Gasteiger partial charge in [0.15, 0.2) is 0 Å². The van der Waals surface area contributed by atoms with Gasteiger partial charge in [-0.3, -0.25) is 0 Å². The van der Waals surface area contributed by atoms with E-state index in [1.165, 1.54) is 25.8 Å². The maximum absolute atomic E-state index is 4.57. The first-order valence-electron chi connectivity index (χ1n) is 8.24. The lowest BCUT2D eigenvalue weighted by Gasteiger charge is -2.45. The molecule has 2 fully saturated rings. The average molecular weight is 289 g/mol. The molecule has 1 aromatic heterocycles. The highest BCUT2D eigenvalue weighted by atomic mass is 15.3. The Hall–Kier alpha value is -1.20. The molecule has 0 aromatic carbocycles. The summed E-state index contributed by atoms with van der Waals surface area (Å²) in [4.78, 5) is 14.1. The van der Waals surface area contributed by atoms with Gasteiger partial charge in [0, 0.05) is 43.6 Å². The lowest BCUT2D eigenvalue weighted by atomic mass is 9.84. The van der Waals surface area contributed by atoms with Crippen LogP contribution in [-0.4, -0.2) is 54.1 Å². The van der Waals surface area contributed by atoms with E-state index < -0.39 is 0 Å². The smallest absolute Gasteiger partial charge is 0.225 e. The Morgan fingerprint density at radius 3 is 2.81 bits per heavy atom. The van der Waals surface area contributed by atoms with Crippen molar-refractivity contribution in [3.63, 3.8) is 0 Å². The Morgan fingerprint density at radius 1 is 1.24 bits per heavy atom. The van der Waals surface area contributed by atoms with Gasteiger partial charge in [0.1, 0.15) is 0 Å². The van der Waals surface area contributed by atoms with Crippen molar-refractivity contribution >= 4 is 5.95 Å². The molecule has 1 aromatic rings. The molecule has 0 saturated carbocycles. The summed E-state index contributed by atoms with van der Waals surface area (Å²) >= 11 is 0. The molecule has 3 heterocycles. The zero-order valence-electron chi connectivity index (χ0n) is 13.3. The van der Waals surface area contributed by atoms with Crippen molar-refractivity contribution in [2.45, 2.75) is 38.8 Å². The summed E-state index contributed by atoms with van der Waals surface area (Å²) in [6.07, 6.45) is 7.84. The Labute approximate surface area is 127 Å². The zero-order chi connectivity index (χ0) is 14.7. The molecule has 2 unspecified atom stereocenters. The molecule has 5 heteroatoms. The fourth-order valence-corrected chi connectivity index (χ4v) is 3.71. The second-order valence-corrected chi connectivity index (χ2v) is 6.36. The van der Waals surface area contributed by atoms with E-state index >= 15 is 0 Å². The minimum atomic E-state index is 0.767. The molecule has 2 atom stereocenters. The third-order valence-corrected chi connectivity index (χ3v) is 4.90. The number of hydrogen-bond donors (Lipinski definition) is 1. The van der Waals surface area contributed by atoms with Gasteiger partial charge < -0.3 is 15.1 Å². The van der Waals surface area contributed by atoms with Gasteiger partial charge in [-0.05, 0) is 45.3 Å². The number of anilines is 1. The number of piperidine rings is 2. The van der Waals surface area contributed by atoms with E-state index in [4.69, 9.17) is 0 Å². The van der Waals surface area contributed by atoms with Crippen molar-refractivity contribution in [2.24, 2.45) is 5.92 Å². The Balaban J connectivity index is 1.62. The lowest BCUT2D eigenvalue weighted by molar-refractivity contribution is 0.102. The normalized spacial score (nSPS) is 26.7. The van der Waals surface area contributed by atoms with E-state index in [0.717, 1.165) is 49.7 Å². The summed E-state index contributed by atoms with van der Waals surface area (Å²) in [5.41, 5.74) is 1.16. The van der Waals surface area contributed by atoms with Crippen LogP contribution in [-0.2, 0) is 6.54 Å². The maximum atomic E-state index is 4.57. The lowest BCUT2D eigenvalue weighted by Crippen LogP contribution is -2.53. The van der Waals surface area contributed by atoms with Gasteiger partial charge in [0.05, 0.1) is 0 Å². The molecule has 2 saturated heterocycles. The van der Waals surface area contributed by atoms with E-state index in [2.05, 4.69) is 39.1 Å². The molecule has 3 rings (SSSR count). The number of nitrogens with zero attached hydrogens (tertiary/aromatic N) is 4. The van der Waals surface area contributed by atoms with Gasteiger partial charge >= 0.3 is 0 Å². The van der Waals surface area contributed by atoms with E-state index in [1.807, 2.05) is 12.4 Å². The van der Waals surface area contributed by atoms with Gasteiger partial charge in [0.25, 0.3) is 0 Å². The van der Waals surface area contributed by atoms with Crippen molar-refractivity contribution in [3.8, 4) is 0 Å². The predicted molar refractivity (Wildman–Crippen MR) is 85.4 cm³/mol. The standard InChI is InChI=1S/C16H27N5/c1-3-17-9-13-10-18-16(19-11-13)21-8-6-15-14(12-21)5-4-7-20(15)2/h10-11,14-15,17H,3-9,12H2,1-2H3. The van der Waals surface area contributed by atoms with Crippen LogP contribution in [0.1, 0.15) is 31.7 Å². The minimum Gasteiger partial charge on any atom is -0.340 e. The van der Waals surface area contributed by atoms with Gasteiger partial charge in [-0.25, -0.2) is 9.97 Å². The number of likely N-dealkylation sites (tertiary alicyclic amines) is 1. The molecule has 5 nitrogen and oxygen atoms in total. The quantitative estimate of drug-likeness (QED) is 0.910. The third kappa shape index (κ3) is 3.35. The number of fused-ring (bicyclic) bond motifs is 1. The summed E-state index contributed by atoms with van der Waals surface area (Å²) < 4.78 is 0. The first kappa shape index (κ1) is 14.7. The van der Waals surface area contributed by atoms with Crippen molar-refractivity contribution in [1.82, 2.24) is 20.2 Å². The van der Waals surface area contributed by atoms with E-state index in [1.54, 1.807) is 0 Å². The van der Waals surface area contributed by atoms with Gasteiger partial charge in [-0.2, -0.15) is 0 Å². The molecular formula is C16H27N5. The molecule has 0 spiro atoms. The Kier molecular flexibility index (Phi) is 4.70. The summed E-state index contributed by atoms with van der Waals surface area (Å²) in [6.45, 7) is 7.40. The first-order chi connectivity index (χ1) is 10.3. The highest BCUT2D eigenvalue weighted by molar-refractivity contribution is 5.31. The second kappa shape index (κ2) is 6.71. The van der Waals surface area contributed by atoms with Crippen LogP contribution in [0, 0.1) is 5.92 Å². The molecule has 0 amide bonds. The Bertz CT molecular complexity index is 446. The van der Waals surface area contributed by atoms with Crippen molar-refractivity contribution < 1.29 is 0 Å². The number of nitrogens with one attached hydrogen (secondary N) is 1. The van der Waals surface area contributed by atoms with Crippen LogP contribution in [0.4, 0.5) is 5.95 Å². The minimum absolute atomic E-state index is 0.767. The van der Waals surface area contributed by atoms with Crippen molar-refractivity contribution in [2.75, 3.05) is 38.1 Å². The van der Waals surface area contributed by atoms with Crippen LogP contribution in [0.3, 0.4) is 0 Å². The third-order valence-electron chi connectivity index (χ3n) is 4.90. The van der Waals surface area contributed by atoms with Crippen LogP contribution in [0.15, 0.2) is 12.4 Å². The molecule has 1 N–H and O–H groups in total. The van der Waals surface area contributed by atoms with Crippen molar-refractivity contribution in [3.05, 3.63) is 18.0 Å². The topological polar surface area (TPSA) is 44.3 Å². The zero-order valence-corrected chi connectivity index (χ0v) is 13.3. The number of hydrogen-bond acceptors (Lipinski definition) is 5. The molecule has 0 bridgehead atoms. The molecule has 0 radical (unpaired) electrons. The monoisotopic (exact) mass is 289 g/mol. The molecule has 2 aliphatic heterocycles. The summed E-state index contributed by atoms with van der Waals surface area (Å²) in [5, 5.41) is 3.31. The van der Waals surface area contributed by atoms with Crippen LogP contribution in [0.2, 0.25) is 0 Å². The van der Waals surface area contributed by atoms with Crippen LogP contribution < -0.4 is 10.2 Å². The summed E-state index contributed by atoms with van der Waals surface area (Å²) in [5.74, 6) is 1.68. The largest absolute Gasteiger partial charge is 0.340 e. The van der Waals surface area contributed by atoms with Gasteiger partial charge in [-0.1, -0.05) is 6.92 Å². The molecule has 0 aliphatic carbocycles. The van der Waals surface area contributed by atoms with Crippen LogP contribution in [0.25, 0.3) is 0 Å². The fourth-order valence-electron chi connectivity index (χ4n) is 3.71. The average Bonchev–Trinajstić information content (AvgIpc) is 2.53. The van der Waals surface area contributed by atoms with E-state index in [9.17, 15) is 0 Å². The highest BCUT2D eigenvalue weighted by Gasteiger charge is 2.34. The summed E-state index contributed by atoms with van der Waals surface area (Å²) in [6, 6.07) is 0.767. The van der Waals surface area contributed by atoms with Crippen LogP contribution >= 0.6 is 0 Å². The number of aromatic nitrogens is 2. The number of rotatable bonds is 4.